The SMILES string of the molecule is CCCCCCCCCCCCCCC[C@H](O)CCC[C@H](O)C[C@H]1CC=CC(=O)O1. The summed E-state index contributed by atoms with van der Waals surface area (Å²) in [5, 5.41) is 20.2. The van der Waals surface area contributed by atoms with Gasteiger partial charge in [-0.2, -0.15) is 0 Å². The molecule has 1 aliphatic heterocycles. The third kappa shape index (κ3) is 15.9. The zero-order valence-corrected chi connectivity index (χ0v) is 19.5. The molecule has 1 heterocycles. The molecule has 0 unspecified atom stereocenters. The lowest BCUT2D eigenvalue weighted by atomic mass is 9.99. The highest BCUT2D eigenvalue weighted by Gasteiger charge is 2.19. The van der Waals surface area contributed by atoms with Crippen molar-refractivity contribution in [3.63, 3.8) is 0 Å². The fourth-order valence-corrected chi connectivity index (χ4v) is 4.26. The summed E-state index contributed by atoms with van der Waals surface area (Å²) in [6, 6.07) is 0. The summed E-state index contributed by atoms with van der Waals surface area (Å²) in [6.45, 7) is 2.27. The quantitative estimate of drug-likeness (QED) is 0.170. The van der Waals surface area contributed by atoms with Crippen LogP contribution in [0.4, 0.5) is 0 Å². The van der Waals surface area contributed by atoms with Crippen molar-refractivity contribution in [2.45, 2.75) is 147 Å². The molecule has 0 saturated carbocycles. The molecule has 4 heteroatoms. The monoisotopic (exact) mass is 424 g/mol. The Bertz CT molecular complexity index is 435. The van der Waals surface area contributed by atoms with Gasteiger partial charge in [0.1, 0.15) is 6.10 Å². The number of esters is 1. The standard InChI is InChI=1S/C26H48O4/c1-2-3-4-5-6-7-8-9-10-11-12-13-14-17-23(27)18-15-19-24(28)22-25-20-16-21-26(29)30-25/h16,21,23-25,27-28H,2-15,17-20,22H2,1H3/t23-,24-,25+/m0/s1. The van der Waals surface area contributed by atoms with Gasteiger partial charge in [0.2, 0.25) is 0 Å². The van der Waals surface area contributed by atoms with Crippen molar-refractivity contribution in [1.29, 1.82) is 0 Å². The highest BCUT2D eigenvalue weighted by molar-refractivity contribution is 5.82. The van der Waals surface area contributed by atoms with Crippen LogP contribution in [0.2, 0.25) is 0 Å². The largest absolute Gasteiger partial charge is 0.459 e. The van der Waals surface area contributed by atoms with Crippen molar-refractivity contribution in [2.75, 3.05) is 0 Å². The molecule has 0 bridgehead atoms. The Kier molecular flexibility index (Phi) is 17.1. The van der Waals surface area contributed by atoms with Gasteiger partial charge in [-0.3, -0.25) is 0 Å². The van der Waals surface area contributed by atoms with Gasteiger partial charge < -0.3 is 14.9 Å². The number of hydrogen-bond acceptors (Lipinski definition) is 4. The number of aliphatic hydroxyl groups is 2. The molecule has 0 aliphatic carbocycles. The predicted octanol–water partition coefficient (Wildman–Crippen LogP) is 6.62. The molecule has 0 aromatic heterocycles. The van der Waals surface area contributed by atoms with Crippen molar-refractivity contribution >= 4 is 5.97 Å². The molecule has 176 valence electrons. The first kappa shape index (κ1) is 27.2. The lowest BCUT2D eigenvalue weighted by molar-refractivity contribution is -0.145. The molecule has 0 radical (unpaired) electrons. The topological polar surface area (TPSA) is 66.8 Å². The van der Waals surface area contributed by atoms with Crippen LogP contribution in [-0.2, 0) is 9.53 Å². The summed E-state index contributed by atoms with van der Waals surface area (Å²) < 4.78 is 5.18. The molecule has 0 fully saturated rings. The van der Waals surface area contributed by atoms with E-state index in [1.54, 1.807) is 0 Å². The average Bonchev–Trinajstić information content (AvgIpc) is 2.71. The Hall–Kier alpha value is -0.870. The van der Waals surface area contributed by atoms with Crippen molar-refractivity contribution in [2.24, 2.45) is 0 Å². The van der Waals surface area contributed by atoms with Crippen LogP contribution in [0.15, 0.2) is 12.2 Å². The Balaban J connectivity index is 1.83. The van der Waals surface area contributed by atoms with Crippen molar-refractivity contribution in [1.82, 2.24) is 0 Å². The van der Waals surface area contributed by atoms with E-state index in [2.05, 4.69) is 6.92 Å². The highest BCUT2D eigenvalue weighted by Crippen LogP contribution is 2.18. The summed E-state index contributed by atoms with van der Waals surface area (Å²) in [7, 11) is 0. The molecule has 0 spiro atoms. The van der Waals surface area contributed by atoms with E-state index in [0.717, 1.165) is 25.7 Å². The Morgan fingerprint density at radius 1 is 0.800 bits per heavy atom. The van der Waals surface area contributed by atoms with E-state index in [9.17, 15) is 15.0 Å². The number of hydrogen-bond donors (Lipinski definition) is 2. The van der Waals surface area contributed by atoms with Crippen LogP contribution in [0, 0.1) is 0 Å². The van der Waals surface area contributed by atoms with Gasteiger partial charge in [0.25, 0.3) is 0 Å². The van der Waals surface area contributed by atoms with Gasteiger partial charge in [0.15, 0.2) is 0 Å². The van der Waals surface area contributed by atoms with Gasteiger partial charge in [-0.15, -0.1) is 0 Å². The molecular weight excluding hydrogens is 376 g/mol. The highest BCUT2D eigenvalue weighted by atomic mass is 16.5. The molecule has 0 aromatic rings. The van der Waals surface area contributed by atoms with Crippen molar-refractivity contribution < 1.29 is 19.7 Å². The molecule has 30 heavy (non-hydrogen) atoms. The second kappa shape index (κ2) is 18.9. The molecule has 2 N–H and O–H groups in total. The maximum Gasteiger partial charge on any atom is 0.330 e. The number of carbonyl (C=O) groups is 1. The Morgan fingerprint density at radius 3 is 1.87 bits per heavy atom. The number of rotatable bonds is 20. The first-order valence-corrected chi connectivity index (χ1v) is 12.8. The second-order valence-electron chi connectivity index (χ2n) is 9.20. The lowest BCUT2D eigenvalue weighted by Crippen LogP contribution is -2.25. The van der Waals surface area contributed by atoms with Crippen LogP contribution in [0.25, 0.3) is 0 Å². The van der Waals surface area contributed by atoms with Gasteiger partial charge in [-0.05, 0) is 25.7 Å². The predicted molar refractivity (Wildman–Crippen MR) is 124 cm³/mol. The van der Waals surface area contributed by atoms with Crippen molar-refractivity contribution in [3.05, 3.63) is 12.2 Å². The van der Waals surface area contributed by atoms with Crippen molar-refractivity contribution in [3.8, 4) is 0 Å². The lowest BCUT2D eigenvalue weighted by Gasteiger charge is -2.21. The maximum absolute atomic E-state index is 11.2. The number of unbranched alkanes of at least 4 members (excludes halogenated alkanes) is 12. The van der Waals surface area contributed by atoms with Crippen LogP contribution in [0.1, 0.15) is 129 Å². The number of cyclic esters (lactones) is 1. The third-order valence-electron chi connectivity index (χ3n) is 6.19. The fourth-order valence-electron chi connectivity index (χ4n) is 4.26. The minimum Gasteiger partial charge on any atom is -0.459 e. The van der Waals surface area contributed by atoms with E-state index in [1.807, 2.05) is 6.08 Å². The first-order chi connectivity index (χ1) is 14.6. The first-order valence-electron chi connectivity index (χ1n) is 12.8. The molecule has 1 rings (SSSR count). The van der Waals surface area contributed by atoms with Gasteiger partial charge >= 0.3 is 5.97 Å². The van der Waals surface area contributed by atoms with Gasteiger partial charge in [-0.25, -0.2) is 4.79 Å². The van der Waals surface area contributed by atoms with Gasteiger partial charge in [0, 0.05) is 18.9 Å². The molecule has 1 aliphatic rings. The van der Waals surface area contributed by atoms with Crippen LogP contribution < -0.4 is 0 Å². The zero-order chi connectivity index (χ0) is 21.9. The Labute approximate surface area is 185 Å². The molecule has 4 nitrogen and oxygen atoms in total. The number of ether oxygens (including phenoxy) is 1. The molecule has 0 aromatic carbocycles. The summed E-state index contributed by atoms with van der Waals surface area (Å²) in [5.41, 5.74) is 0. The number of aliphatic hydroxyl groups excluding tert-OH is 2. The van der Waals surface area contributed by atoms with Gasteiger partial charge in [-0.1, -0.05) is 96.5 Å². The van der Waals surface area contributed by atoms with E-state index < -0.39 is 6.10 Å². The smallest absolute Gasteiger partial charge is 0.330 e. The maximum atomic E-state index is 11.2. The fraction of sp³-hybridized carbons (Fsp3) is 0.885. The second-order valence-corrected chi connectivity index (χ2v) is 9.20. The molecule has 0 saturated heterocycles. The van der Waals surface area contributed by atoms with Crippen LogP contribution in [0.5, 0.6) is 0 Å². The van der Waals surface area contributed by atoms with E-state index in [0.29, 0.717) is 19.3 Å². The Morgan fingerprint density at radius 2 is 1.30 bits per heavy atom. The van der Waals surface area contributed by atoms with Crippen LogP contribution in [-0.4, -0.2) is 34.5 Å². The summed E-state index contributed by atoms with van der Waals surface area (Å²) in [6.07, 6.45) is 24.1. The van der Waals surface area contributed by atoms with Gasteiger partial charge in [0.05, 0.1) is 12.2 Å². The summed E-state index contributed by atoms with van der Waals surface area (Å²) >= 11 is 0. The van der Waals surface area contributed by atoms with E-state index in [4.69, 9.17) is 4.74 Å². The average molecular weight is 425 g/mol. The third-order valence-corrected chi connectivity index (χ3v) is 6.19. The number of carbonyl (C=O) groups excluding carboxylic acids is 1. The van der Waals surface area contributed by atoms with Crippen LogP contribution >= 0.6 is 0 Å². The molecule has 0 amide bonds. The minimum atomic E-state index is -0.460. The van der Waals surface area contributed by atoms with E-state index in [1.165, 1.54) is 83.1 Å². The minimum absolute atomic E-state index is 0.201. The molecular formula is C26H48O4. The van der Waals surface area contributed by atoms with E-state index in [-0.39, 0.29) is 18.2 Å². The van der Waals surface area contributed by atoms with E-state index >= 15 is 0 Å². The summed E-state index contributed by atoms with van der Waals surface area (Å²) in [4.78, 5) is 11.2. The molecule has 3 atom stereocenters. The summed E-state index contributed by atoms with van der Waals surface area (Å²) in [5.74, 6) is -0.313. The zero-order valence-electron chi connectivity index (χ0n) is 19.5. The van der Waals surface area contributed by atoms with Crippen LogP contribution in [0.3, 0.4) is 0 Å². The normalized spacial score (nSPS) is 18.4.